The number of nitrogens with zero attached hydrogens (tertiary/aromatic N) is 2. The van der Waals surface area contributed by atoms with E-state index in [1.54, 1.807) is 0 Å². The second-order valence-corrected chi connectivity index (χ2v) is 12.5. The minimum absolute atomic E-state index is 0.216. The van der Waals surface area contributed by atoms with Gasteiger partial charge in [0.25, 0.3) is 0 Å². The zero-order valence-electron chi connectivity index (χ0n) is 22.2. The molecule has 0 aliphatic rings. The Morgan fingerprint density at radius 1 is 0.794 bits per heavy atom. The molecule has 0 saturated carbocycles. The summed E-state index contributed by atoms with van der Waals surface area (Å²) < 4.78 is 11.8. The molecular weight excluding hydrogens is 509 g/mol. The van der Waals surface area contributed by atoms with Gasteiger partial charge in [0.05, 0.1) is 12.0 Å². The van der Waals surface area contributed by atoms with E-state index in [0.717, 1.165) is 30.5 Å². The molecule has 1 unspecified atom stereocenters. The number of hydrogen-bond acceptors (Lipinski definition) is 8. The molecule has 0 heterocycles. The second kappa shape index (κ2) is 17.0. The van der Waals surface area contributed by atoms with Crippen molar-refractivity contribution in [3.05, 3.63) is 0 Å². The van der Waals surface area contributed by atoms with E-state index in [1.165, 1.54) is 23.5 Å². The molecule has 0 fully saturated rings. The maximum Gasteiger partial charge on any atom is 0.322 e. The first kappa shape index (κ1) is 33.4. The average Bonchev–Trinajstić information content (AvgIpc) is 2.80. The molecule has 0 radical (unpaired) electrons. The Labute approximate surface area is 226 Å². The molecule has 0 amide bonds. The smallest absolute Gasteiger partial charge is 0.322 e. The minimum atomic E-state index is -0.865. The predicted molar refractivity (Wildman–Crippen MR) is 155 cm³/mol. The van der Waals surface area contributed by atoms with Crippen molar-refractivity contribution < 1.29 is 19.1 Å². The first-order chi connectivity index (χ1) is 15.9. The SMILES string of the molecule is CCN(CC)C(=S)SCCOC(=O)C(C)(CCCOC(=O)C(C)(C)CC)SC(=S)N(CC)CC. The van der Waals surface area contributed by atoms with Crippen LogP contribution in [0.1, 0.15) is 74.7 Å². The molecule has 0 saturated heterocycles. The Hall–Kier alpha value is -0.580. The Bertz CT molecular complexity index is 667. The van der Waals surface area contributed by atoms with E-state index in [0.29, 0.717) is 29.3 Å². The quantitative estimate of drug-likeness (QED) is 0.142. The molecule has 0 aliphatic heterocycles. The summed E-state index contributed by atoms with van der Waals surface area (Å²) >= 11 is 13.9. The third kappa shape index (κ3) is 11.4. The van der Waals surface area contributed by atoms with Crippen LogP contribution < -0.4 is 0 Å². The van der Waals surface area contributed by atoms with Gasteiger partial charge in [0.2, 0.25) is 0 Å². The van der Waals surface area contributed by atoms with Crippen LogP contribution in [0.5, 0.6) is 0 Å². The lowest BCUT2D eigenvalue weighted by Gasteiger charge is -2.31. The zero-order valence-corrected chi connectivity index (χ0v) is 25.5. The van der Waals surface area contributed by atoms with Gasteiger partial charge in [0, 0.05) is 31.9 Å². The molecular formula is C24H44N2O4S4. The fourth-order valence-corrected chi connectivity index (χ4v) is 6.10. The molecule has 10 heteroatoms. The van der Waals surface area contributed by atoms with Gasteiger partial charge in [-0.2, -0.15) is 0 Å². The Balaban J connectivity index is 5.05. The summed E-state index contributed by atoms with van der Waals surface area (Å²) in [6.07, 6.45) is 1.74. The highest BCUT2D eigenvalue weighted by atomic mass is 32.2. The van der Waals surface area contributed by atoms with Crippen LogP contribution in [0.4, 0.5) is 0 Å². The standard InChI is InChI=1S/C24H44N2O4S4/c1-9-23(6,7)19(27)29-16-14-15-24(8,34-22(32)26(12-4)13-5)20(28)30-17-18-33-21(31)25(10-2)11-3/h9-18H2,1-8H3. The van der Waals surface area contributed by atoms with Gasteiger partial charge in [-0.15, -0.1) is 0 Å². The molecule has 6 nitrogen and oxygen atoms in total. The highest BCUT2D eigenvalue weighted by Crippen LogP contribution is 2.34. The van der Waals surface area contributed by atoms with Gasteiger partial charge < -0.3 is 19.3 Å². The summed E-state index contributed by atoms with van der Waals surface area (Å²) in [5, 5.41) is 0. The van der Waals surface area contributed by atoms with E-state index in [9.17, 15) is 9.59 Å². The molecule has 0 bridgehead atoms. The molecule has 0 aromatic rings. The van der Waals surface area contributed by atoms with Crippen molar-refractivity contribution in [2.45, 2.75) is 79.4 Å². The van der Waals surface area contributed by atoms with Crippen molar-refractivity contribution >= 4 is 68.5 Å². The minimum Gasteiger partial charge on any atom is -0.465 e. The number of hydrogen-bond donors (Lipinski definition) is 0. The van der Waals surface area contributed by atoms with Crippen molar-refractivity contribution in [1.82, 2.24) is 9.80 Å². The van der Waals surface area contributed by atoms with Crippen LogP contribution in [0, 0.1) is 5.41 Å². The monoisotopic (exact) mass is 552 g/mol. The van der Waals surface area contributed by atoms with Gasteiger partial charge >= 0.3 is 11.9 Å². The third-order valence-corrected chi connectivity index (χ3v) is 9.05. The lowest BCUT2D eigenvalue weighted by Crippen LogP contribution is -2.39. The van der Waals surface area contributed by atoms with Crippen molar-refractivity contribution in [3.63, 3.8) is 0 Å². The van der Waals surface area contributed by atoms with E-state index >= 15 is 0 Å². The Morgan fingerprint density at radius 3 is 1.79 bits per heavy atom. The van der Waals surface area contributed by atoms with Crippen molar-refractivity contribution in [3.8, 4) is 0 Å². The summed E-state index contributed by atoms with van der Waals surface area (Å²) in [5.74, 6) is 0.0832. The zero-order chi connectivity index (χ0) is 26.4. The van der Waals surface area contributed by atoms with Gasteiger partial charge in [0.1, 0.15) is 20.0 Å². The van der Waals surface area contributed by atoms with Gasteiger partial charge in [-0.05, 0) is 67.7 Å². The topological polar surface area (TPSA) is 59.1 Å². The predicted octanol–water partition coefficient (Wildman–Crippen LogP) is 5.77. The number of esters is 2. The van der Waals surface area contributed by atoms with E-state index < -0.39 is 10.2 Å². The highest BCUT2D eigenvalue weighted by Gasteiger charge is 2.38. The molecule has 0 aliphatic carbocycles. The molecule has 1 atom stereocenters. The van der Waals surface area contributed by atoms with Gasteiger partial charge in [-0.3, -0.25) is 9.59 Å². The number of carbonyl (C=O) groups excluding carboxylic acids is 2. The first-order valence-electron chi connectivity index (χ1n) is 12.2. The highest BCUT2D eigenvalue weighted by molar-refractivity contribution is 8.24. The fourth-order valence-electron chi connectivity index (χ4n) is 2.84. The molecule has 0 spiro atoms. The van der Waals surface area contributed by atoms with Crippen LogP contribution in [-0.4, -0.2) is 80.3 Å². The number of thioether (sulfide) groups is 2. The average molecular weight is 553 g/mol. The largest absolute Gasteiger partial charge is 0.465 e. The maximum atomic E-state index is 13.1. The molecule has 0 rings (SSSR count). The van der Waals surface area contributed by atoms with Crippen LogP contribution in [-0.2, 0) is 19.1 Å². The van der Waals surface area contributed by atoms with E-state index in [2.05, 4.69) is 18.7 Å². The van der Waals surface area contributed by atoms with Crippen LogP contribution in [0.3, 0.4) is 0 Å². The summed E-state index contributed by atoms with van der Waals surface area (Å²) in [5.41, 5.74) is -0.509. The van der Waals surface area contributed by atoms with E-state index in [1.807, 2.05) is 46.4 Å². The van der Waals surface area contributed by atoms with Crippen molar-refractivity contribution in [2.24, 2.45) is 5.41 Å². The molecule has 34 heavy (non-hydrogen) atoms. The summed E-state index contributed by atoms with van der Waals surface area (Å²) in [4.78, 5) is 29.6. The lowest BCUT2D eigenvalue weighted by molar-refractivity contribution is -0.154. The second-order valence-electron chi connectivity index (χ2n) is 8.67. The number of thiocarbonyl (C=S) groups is 2. The fraction of sp³-hybridized carbons (Fsp3) is 0.833. The van der Waals surface area contributed by atoms with Crippen molar-refractivity contribution in [1.29, 1.82) is 0 Å². The lowest BCUT2D eigenvalue weighted by atomic mass is 9.91. The Kier molecular flexibility index (Phi) is 16.7. The number of carbonyl (C=O) groups is 2. The Morgan fingerprint density at radius 2 is 1.29 bits per heavy atom. The summed E-state index contributed by atoms with van der Waals surface area (Å²) in [7, 11) is 0. The molecule has 198 valence electrons. The van der Waals surface area contributed by atoms with Crippen LogP contribution in [0.2, 0.25) is 0 Å². The van der Waals surface area contributed by atoms with Crippen LogP contribution in [0.25, 0.3) is 0 Å². The number of ether oxygens (including phenoxy) is 2. The van der Waals surface area contributed by atoms with Gasteiger partial charge in [0.15, 0.2) is 0 Å². The number of rotatable bonds is 15. The molecule has 0 N–H and O–H groups in total. The normalized spacial score (nSPS) is 13.1. The van der Waals surface area contributed by atoms with E-state index in [-0.39, 0.29) is 25.2 Å². The van der Waals surface area contributed by atoms with Gasteiger partial charge in [-0.1, -0.05) is 54.9 Å². The maximum absolute atomic E-state index is 13.1. The van der Waals surface area contributed by atoms with Gasteiger partial charge in [-0.25, -0.2) is 0 Å². The summed E-state index contributed by atoms with van der Waals surface area (Å²) in [6.45, 7) is 19.6. The van der Waals surface area contributed by atoms with E-state index in [4.69, 9.17) is 33.9 Å². The van der Waals surface area contributed by atoms with Crippen LogP contribution in [0.15, 0.2) is 0 Å². The molecule has 0 aromatic heterocycles. The van der Waals surface area contributed by atoms with Crippen molar-refractivity contribution in [2.75, 3.05) is 45.1 Å². The molecule has 0 aromatic carbocycles. The summed E-state index contributed by atoms with van der Waals surface area (Å²) in [6, 6.07) is 0. The first-order valence-corrected chi connectivity index (χ1v) is 14.8. The van der Waals surface area contributed by atoms with Crippen LogP contribution >= 0.6 is 48.0 Å². The third-order valence-electron chi connectivity index (χ3n) is 5.80.